The van der Waals surface area contributed by atoms with Crippen LogP contribution in [0.4, 0.5) is 0 Å². The van der Waals surface area contributed by atoms with E-state index >= 15 is 0 Å². The summed E-state index contributed by atoms with van der Waals surface area (Å²) in [4.78, 5) is 2.23. The summed E-state index contributed by atoms with van der Waals surface area (Å²) in [6.07, 6.45) is -0.440. The number of methoxy groups -OCH3 is 1. The van der Waals surface area contributed by atoms with Crippen LogP contribution in [0.3, 0.4) is 0 Å². The maximum Gasteiger partial charge on any atom is 0.0896 e. The molecule has 0 saturated carbocycles. The Morgan fingerprint density at radius 2 is 1.83 bits per heavy atom. The Balaban J connectivity index is 2.71. The molecule has 0 aromatic heterocycles. The largest absolute Gasteiger partial charge is 0.390 e. The van der Waals surface area contributed by atoms with Gasteiger partial charge >= 0.3 is 0 Å². The Morgan fingerprint density at radius 3 is 2.22 bits per heavy atom. The summed E-state index contributed by atoms with van der Waals surface area (Å²) in [6.45, 7) is 11.7. The van der Waals surface area contributed by atoms with Crippen molar-refractivity contribution in [1.29, 1.82) is 0 Å². The number of ether oxygens (including phenoxy) is 2. The second-order valence-electron chi connectivity index (χ2n) is 6.60. The number of hydrogen-bond donors (Lipinski definition) is 1. The van der Waals surface area contributed by atoms with Gasteiger partial charge in [-0.3, -0.25) is 0 Å². The number of aliphatic hydroxyl groups is 1. The molecule has 1 fully saturated rings. The van der Waals surface area contributed by atoms with Gasteiger partial charge in [-0.1, -0.05) is 0 Å². The van der Waals surface area contributed by atoms with Gasteiger partial charge in [0.2, 0.25) is 0 Å². The zero-order valence-corrected chi connectivity index (χ0v) is 12.9. The normalized spacial score (nSPS) is 31.8. The van der Waals surface area contributed by atoms with Crippen LogP contribution in [0.25, 0.3) is 0 Å². The topological polar surface area (TPSA) is 41.9 Å². The molecule has 0 aromatic rings. The smallest absolute Gasteiger partial charge is 0.0896 e. The van der Waals surface area contributed by atoms with E-state index in [1.807, 2.05) is 13.8 Å². The zero-order valence-electron chi connectivity index (χ0n) is 12.9. The molecule has 108 valence electrons. The molecule has 0 amide bonds. The van der Waals surface area contributed by atoms with Crippen molar-refractivity contribution < 1.29 is 14.6 Å². The Bertz CT molecular complexity index is 278. The SMILES string of the molecule is COCC(C)N(C)CC1C(O)C(C)(C)OC1(C)C. The van der Waals surface area contributed by atoms with Crippen molar-refractivity contribution in [2.24, 2.45) is 5.92 Å². The van der Waals surface area contributed by atoms with Crippen molar-refractivity contribution in [1.82, 2.24) is 4.90 Å². The van der Waals surface area contributed by atoms with Crippen molar-refractivity contribution in [3.63, 3.8) is 0 Å². The zero-order chi connectivity index (χ0) is 14.1. The molecule has 1 N–H and O–H groups in total. The summed E-state index contributed by atoms with van der Waals surface area (Å²) < 4.78 is 11.2. The van der Waals surface area contributed by atoms with E-state index in [0.717, 1.165) is 6.54 Å². The average Bonchev–Trinajstić information content (AvgIpc) is 2.36. The molecule has 1 heterocycles. The van der Waals surface area contributed by atoms with E-state index in [1.165, 1.54) is 0 Å². The summed E-state index contributed by atoms with van der Waals surface area (Å²) >= 11 is 0. The predicted octanol–water partition coefficient (Wildman–Crippen LogP) is 1.52. The van der Waals surface area contributed by atoms with Gasteiger partial charge in [0.1, 0.15) is 0 Å². The van der Waals surface area contributed by atoms with E-state index in [-0.39, 0.29) is 11.5 Å². The van der Waals surface area contributed by atoms with Gasteiger partial charge in [0.15, 0.2) is 0 Å². The van der Waals surface area contributed by atoms with Crippen LogP contribution in [0.5, 0.6) is 0 Å². The quantitative estimate of drug-likeness (QED) is 0.813. The molecule has 0 spiro atoms. The van der Waals surface area contributed by atoms with Crippen LogP contribution in [-0.2, 0) is 9.47 Å². The molecule has 0 radical (unpaired) electrons. The Labute approximate surface area is 111 Å². The van der Waals surface area contributed by atoms with E-state index in [2.05, 4.69) is 32.7 Å². The van der Waals surface area contributed by atoms with E-state index < -0.39 is 11.7 Å². The first kappa shape index (κ1) is 15.9. The molecule has 3 unspecified atom stereocenters. The Hall–Kier alpha value is -0.160. The van der Waals surface area contributed by atoms with Crippen molar-refractivity contribution in [3.05, 3.63) is 0 Å². The summed E-state index contributed by atoms with van der Waals surface area (Å²) in [7, 11) is 3.78. The fraction of sp³-hybridized carbons (Fsp3) is 1.00. The maximum atomic E-state index is 10.4. The first-order valence-corrected chi connectivity index (χ1v) is 6.69. The third-order valence-electron chi connectivity index (χ3n) is 4.16. The highest BCUT2D eigenvalue weighted by Crippen LogP contribution is 2.42. The minimum absolute atomic E-state index is 0.108. The van der Waals surface area contributed by atoms with Crippen LogP contribution >= 0.6 is 0 Å². The van der Waals surface area contributed by atoms with Crippen LogP contribution in [0.2, 0.25) is 0 Å². The van der Waals surface area contributed by atoms with Gasteiger partial charge in [0.25, 0.3) is 0 Å². The molecule has 4 heteroatoms. The number of likely N-dealkylation sites (N-methyl/N-ethyl adjacent to an activating group) is 1. The van der Waals surface area contributed by atoms with Gasteiger partial charge in [-0.15, -0.1) is 0 Å². The van der Waals surface area contributed by atoms with Crippen LogP contribution in [0, 0.1) is 5.92 Å². The van der Waals surface area contributed by atoms with Crippen LogP contribution < -0.4 is 0 Å². The van der Waals surface area contributed by atoms with Gasteiger partial charge in [-0.05, 0) is 41.7 Å². The highest BCUT2D eigenvalue weighted by molar-refractivity contribution is 5.02. The molecular weight excluding hydrogens is 230 g/mol. The van der Waals surface area contributed by atoms with Gasteiger partial charge in [-0.2, -0.15) is 0 Å². The molecule has 18 heavy (non-hydrogen) atoms. The molecule has 1 saturated heterocycles. The van der Waals surface area contributed by atoms with Gasteiger partial charge in [0, 0.05) is 25.6 Å². The monoisotopic (exact) mass is 259 g/mol. The molecule has 0 aliphatic carbocycles. The lowest BCUT2D eigenvalue weighted by molar-refractivity contribution is -0.0914. The second kappa shape index (κ2) is 5.45. The molecule has 3 atom stereocenters. The molecule has 1 aliphatic heterocycles. The number of rotatable bonds is 5. The summed E-state index contributed by atoms with van der Waals surface area (Å²) in [6, 6.07) is 0.335. The average molecular weight is 259 g/mol. The fourth-order valence-corrected chi connectivity index (χ4v) is 2.86. The van der Waals surface area contributed by atoms with Crippen molar-refractivity contribution >= 4 is 0 Å². The molecular formula is C14H29NO3. The van der Waals surface area contributed by atoms with Gasteiger partial charge in [0.05, 0.1) is 23.9 Å². The number of aliphatic hydroxyl groups excluding tert-OH is 1. The lowest BCUT2D eigenvalue weighted by Crippen LogP contribution is -2.45. The van der Waals surface area contributed by atoms with E-state index in [9.17, 15) is 5.11 Å². The van der Waals surface area contributed by atoms with Crippen LogP contribution in [0.15, 0.2) is 0 Å². The Morgan fingerprint density at radius 1 is 1.28 bits per heavy atom. The number of hydrogen-bond acceptors (Lipinski definition) is 4. The first-order chi connectivity index (χ1) is 8.12. The standard InChI is InChI=1S/C14H29NO3/c1-10(9-17-7)15(6)8-11-12(16)14(4,5)18-13(11,2)3/h10-12,16H,8-9H2,1-7H3. The third-order valence-corrected chi connectivity index (χ3v) is 4.16. The van der Waals surface area contributed by atoms with E-state index in [1.54, 1.807) is 7.11 Å². The molecule has 4 nitrogen and oxygen atoms in total. The predicted molar refractivity (Wildman–Crippen MR) is 72.7 cm³/mol. The molecule has 1 aliphatic rings. The Kier molecular flexibility index (Phi) is 4.81. The van der Waals surface area contributed by atoms with E-state index in [0.29, 0.717) is 12.6 Å². The van der Waals surface area contributed by atoms with Crippen molar-refractivity contribution in [2.75, 3.05) is 27.3 Å². The van der Waals surface area contributed by atoms with Gasteiger partial charge < -0.3 is 19.5 Å². The van der Waals surface area contributed by atoms with E-state index in [4.69, 9.17) is 9.47 Å². The summed E-state index contributed by atoms with van der Waals surface area (Å²) in [5.74, 6) is 0.108. The number of nitrogens with zero attached hydrogens (tertiary/aromatic N) is 1. The minimum Gasteiger partial charge on any atom is -0.390 e. The maximum absolute atomic E-state index is 10.4. The van der Waals surface area contributed by atoms with Crippen LogP contribution in [-0.4, -0.2) is 60.7 Å². The van der Waals surface area contributed by atoms with Crippen molar-refractivity contribution in [2.45, 2.75) is 58.0 Å². The third kappa shape index (κ3) is 3.23. The van der Waals surface area contributed by atoms with Gasteiger partial charge in [-0.25, -0.2) is 0 Å². The summed E-state index contributed by atoms with van der Waals surface area (Å²) in [5, 5.41) is 10.4. The van der Waals surface area contributed by atoms with Crippen molar-refractivity contribution in [3.8, 4) is 0 Å². The lowest BCUT2D eigenvalue weighted by Gasteiger charge is -2.33. The minimum atomic E-state index is -0.473. The molecule has 1 rings (SSSR count). The second-order valence-corrected chi connectivity index (χ2v) is 6.60. The summed E-state index contributed by atoms with van der Waals surface area (Å²) in [5.41, 5.74) is -0.774. The molecule has 0 bridgehead atoms. The highest BCUT2D eigenvalue weighted by atomic mass is 16.5. The lowest BCUT2D eigenvalue weighted by atomic mass is 9.84. The fourth-order valence-electron chi connectivity index (χ4n) is 2.86. The van der Waals surface area contributed by atoms with Crippen LogP contribution in [0.1, 0.15) is 34.6 Å². The highest BCUT2D eigenvalue weighted by Gasteiger charge is 2.53. The first-order valence-electron chi connectivity index (χ1n) is 6.69. The molecule has 0 aromatic carbocycles.